The number of carbonyl (C=O) groups excluding carboxylic acids is 1. The Labute approximate surface area is 232 Å². The summed E-state index contributed by atoms with van der Waals surface area (Å²) in [5, 5.41) is 13.7. The molecule has 0 saturated carbocycles. The lowest BCUT2D eigenvalue weighted by Gasteiger charge is -2.18. The fraction of sp³-hybridized carbons (Fsp3) is 0.276. The van der Waals surface area contributed by atoms with Gasteiger partial charge in [-0.2, -0.15) is 0 Å². The van der Waals surface area contributed by atoms with Gasteiger partial charge in [0.05, 0.1) is 16.5 Å². The number of benzene rings is 3. The lowest BCUT2D eigenvalue weighted by atomic mass is 9.98. The van der Waals surface area contributed by atoms with E-state index < -0.39 is 0 Å². The first kappa shape index (κ1) is 27.2. The van der Waals surface area contributed by atoms with Gasteiger partial charge >= 0.3 is 0 Å². The van der Waals surface area contributed by atoms with E-state index in [1.807, 2.05) is 47.9 Å². The number of halogens is 2. The summed E-state index contributed by atoms with van der Waals surface area (Å²) in [6, 6.07) is 19.6. The van der Waals surface area contributed by atoms with Gasteiger partial charge in [-0.05, 0) is 59.7 Å². The van der Waals surface area contributed by atoms with Crippen LogP contribution in [0.1, 0.15) is 56.2 Å². The molecule has 0 radical (unpaired) electrons. The highest BCUT2D eigenvalue weighted by Gasteiger charge is 2.22. The summed E-state index contributed by atoms with van der Waals surface area (Å²) in [5.41, 5.74) is 5.84. The minimum absolute atomic E-state index is 0.0982. The van der Waals surface area contributed by atoms with E-state index in [-0.39, 0.29) is 17.6 Å². The van der Waals surface area contributed by atoms with Gasteiger partial charge in [-0.1, -0.05) is 99.1 Å². The summed E-state index contributed by atoms with van der Waals surface area (Å²) in [7, 11) is 0. The Bertz CT molecular complexity index is 1430. The zero-order valence-corrected chi connectivity index (χ0v) is 23.9. The molecule has 8 heteroatoms. The number of thioether (sulfide) groups is 1. The SMILES string of the molecule is Cc1cccc(C(C)C)c1NC(=O)CSc1nnc(-c2ccc(Cl)cc2Cl)n1-c1ccccc1C(C)C. The minimum atomic E-state index is -0.0982. The highest BCUT2D eigenvalue weighted by atomic mass is 35.5. The number of carbonyl (C=O) groups is 1. The molecular weight excluding hydrogens is 523 g/mol. The maximum absolute atomic E-state index is 13.1. The first-order valence-electron chi connectivity index (χ1n) is 12.2. The van der Waals surface area contributed by atoms with Crippen molar-refractivity contribution in [2.45, 2.75) is 51.6 Å². The third-order valence-corrected chi connectivity index (χ3v) is 7.61. The first-order chi connectivity index (χ1) is 17.7. The Morgan fingerprint density at radius 1 is 0.946 bits per heavy atom. The van der Waals surface area contributed by atoms with E-state index in [4.69, 9.17) is 23.2 Å². The van der Waals surface area contributed by atoms with Crippen LogP contribution < -0.4 is 5.32 Å². The van der Waals surface area contributed by atoms with E-state index in [1.165, 1.54) is 11.8 Å². The van der Waals surface area contributed by atoms with Crippen LogP contribution in [0.3, 0.4) is 0 Å². The van der Waals surface area contributed by atoms with E-state index in [0.717, 1.165) is 33.6 Å². The molecule has 4 rings (SSSR count). The van der Waals surface area contributed by atoms with E-state index in [0.29, 0.717) is 26.9 Å². The molecule has 37 heavy (non-hydrogen) atoms. The number of nitrogens with zero attached hydrogens (tertiary/aromatic N) is 3. The van der Waals surface area contributed by atoms with Crippen molar-refractivity contribution in [1.29, 1.82) is 0 Å². The van der Waals surface area contributed by atoms with Crippen molar-refractivity contribution < 1.29 is 4.79 Å². The molecule has 1 amide bonds. The van der Waals surface area contributed by atoms with Crippen LogP contribution in [0, 0.1) is 6.92 Å². The normalized spacial score (nSPS) is 11.4. The number of aryl methyl sites for hydroxylation is 1. The van der Waals surface area contributed by atoms with Crippen molar-refractivity contribution in [2.75, 3.05) is 11.1 Å². The molecule has 1 aromatic heterocycles. The second kappa shape index (κ2) is 11.7. The topological polar surface area (TPSA) is 59.8 Å². The quantitative estimate of drug-likeness (QED) is 0.222. The molecule has 0 fully saturated rings. The van der Waals surface area contributed by atoms with E-state index in [9.17, 15) is 4.79 Å². The van der Waals surface area contributed by atoms with Crippen LogP contribution in [0.25, 0.3) is 17.1 Å². The molecule has 5 nitrogen and oxygen atoms in total. The van der Waals surface area contributed by atoms with Crippen molar-refractivity contribution >= 4 is 46.6 Å². The van der Waals surface area contributed by atoms with Crippen LogP contribution in [-0.4, -0.2) is 26.4 Å². The lowest BCUT2D eigenvalue weighted by molar-refractivity contribution is -0.113. The van der Waals surface area contributed by atoms with E-state index in [2.05, 4.69) is 55.3 Å². The molecule has 0 bridgehead atoms. The number of hydrogen-bond donors (Lipinski definition) is 1. The zero-order valence-electron chi connectivity index (χ0n) is 21.5. The standard InChI is InChI=1S/C29H30Cl2N4OS/c1-17(2)21-10-6-7-12-25(21)35-28(23-14-13-20(30)15-24(23)31)33-34-29(35)37-16-26(36)32-27-19(5)9-8-11-22(27)18(3)4/h6-15,17-18H,16H2,1-5H3,(H,32,36). The van der Waals surface area contributed by atoms with Crippen LogP contribution in [-0.2, 0) is 4.79 Å². The molecule has 192 valence electrons. The number of aromatic nitrogens is 3. The van der Waals surface area contributed by atoms with Crippen molar-refractivity contribution in [3.63, 3.8) is 0 Å². The molecular formula is C29H30Cl2N4OS. The van der Waals surface area contributed by atoms with Crippen LogP contribution in [0.4, 0.5) is 5.69 Å². The number of para-hydroxylation sites is 2. The summed E-state index contributed by atoms with van der Waals surface area (Å²) in [6.07, 6.45) is 0. The third kappa shape index (κ3) is 6.03. The van der Waals surface area contributed by atoms with Gasteiger partial charge in [-0.15, -0.1) is 10.2 Å². The van der Waals surface area contributed by atoms with Crippen LogP contribution in [0.5, 0.6) is 0 Å². The molecule has 0 spiro atoms. The van der Waals surface area contributed by atoms with Crippen molar-refractivity contribution in [3.8, 4) is 17.1 Å². The summed E-state index contributed by atoms with van der Waals surface area (Å²) in [4.78, 5) is 13.1. The maximum Gasteiger partial charge on any atom is 0.234 e. The molecule has 4 aromatic rings. The minimum Gasteiger partial charge on any atom is -0.325 e. The van der Waals surface area contributed by atoms with Gasteiger partial charge in [0, 0.05) is 16.3 Å². The van der Waals surface area contributed by atoms with E-state index in [1.54, 1.807) is 12.1 Å². The molecule has 0 saturated heterocycles. The van der Waals surface area contributed by atoms with Gasteiger partial charge in [0.25, 0.3) is 0 Å². The van der Waals surface area contributed by atoms with Gasteiger partial charge in [-0.3, -0.25) is 9.36 Å². The van der Waals surface area contributed by atoms with Gasteiger partial charge in [-0.25, -0.2) is 0 Å². The Balaban J connectivity index is 1.70. The van der Waals surface area contributed by atoms with Crippen molar-refractivity contribution in [2.24, 2.45) is 0 Å². The highest BCUT2D eigenvalue weighted by molar-refractivity contribution is 7.99. The Kier molecular flexibility index (Phi) is 8.63. The Hall–Kier alpha value is -2.80. The smallest absolute Gasteiger partial charge is 0.234 e. The fourth-order valence-electron chi connectivity index (χ4n) is 4.25. The van der Waals surface area contributed by atoms with Gasteiger partial charge in [0.15, 0.2) is 11.0 Å². The maximum atomic E-state index is 13.1. The van der Waals surface area contributed by atoms with Gasteiger partial charge < -0.3 is 5.32 Å². The van der Waals surface area contributed by atoms with Gasteiger partial charge in [0.2, 0.25) is 5.91 Å². The first-order valence-corrected chi connectivity index (χ1v) is 13.9. The highest BCUT2D eigenvalue weighted by Crippen LogP contribution is 2.36. The second-order valence-electron chi connectivity index (χ2n) is 9.51. The molecule has 0 aliphatic rings. The number of anilines is 1. The fourth-order valence-corrected chi connectivity index (χ4v) is 5.49. The largest absolute Gasteiger partial charge is 0.325 e. The summed E-state index contributed by atoms with van der Waals surface area (Å²) in [5.74, 6) is 1.24. The summed E-state index contributed by atoms with van der Waals surface area (Å²) >= 11 is 14.1. The molecule has 1 N–H and O–H groups in total. The molecule has 1 heterocycles. The third-order valence-electron chi connectivity index (χ3n) is 6.13. The lowest BCUT2D eigenvalue weighted by Crippen LogP contribution is -2.17. The number of amides is 1. The second-order valence-corrected chi connectivity index (χ2v) is 11.3. The van der Waals surface area contributed by atoms with Crippen LogP contribution >= 0.6 is 35.0 Å². The molecule has 3 aromatic carbocycles. The molecule has 0 unspecified atom stereocenters. The Morgan fingerprint density at radius 2 is 1.65 bits per heavy atom. The van der Waals surface area contributed by atoms with Crippen molar-refractivity contribution in [3.05, 3.63) is 87.4 Å². The number of hydrogen-bond acceptors (Lipinski definition) is 4. The predicted molar refractivity (Wildman–Crippen MR) is 156 cm³/mol. The predicted octanol–water partition coefficient (Wildman–Crippen LogP) is 8.53. The van der Waals surface area contributed by atoms with Crippen LogP contribution in [0.15, 0.2) is 65.8 Å². The zero-order chi connectivity index (χ0) is 26.7. The van der Waals surface area contributed by atoms with E-state index >= 15 is 0 Å². The number of nitrogens with one attached hydrogen (secondary N) is 1. The number of rotatable bonds is 8. The van der Waals surface area contributed by atoms with Crippen LogP contribution in [0.2, 0.25) is 10.0 Å². The molecule has 0 aliphatic heterocycles. The monoisotopic (exact) mass is 552 g/mol. The molecule has 0 atom stereocenters. The average Bonchev–Trinajstić information content (AvgIpc) is 3.27. The van der Waals surface area contributed by atoms with Gasteiger partial charge in [0.1, 0.15) is 0 Å². The summed E-state index contributed by atoms with van der Waals surface area (Å²) in [6.45, 7) is 10.5. The summed E-state index contributed by atoms with van der Waals surface area (Å²) < 4.78 is 1.98. The molecule has 0 aliphatic carbocycles. The average molecular weight is 554 g/mol. The Morgan fingerprint density at radius 3 is 2.35 bits per heavy atom. The van der Waals surface area contributed by atoms with Crippen molar-refractivity contribution in [1.82, 2.24) is 14.8 Å².